The van der Waals surface area contributed by atoms with Gasteiger partial charge in [0.15, 0.2) is 5.03 Å². The third kappa shape index (κ3) is 3.99. The third-order valence-corrected chi connectivity index (χ3v) is 3.12. The normalized spacial score (nSPS) is 12.2. The van der Waals surface area contributed by atoms with E-state index >= 15 is 0 Å². The molecule has 0 aromatic heterocycles. The zero-order valence-corrected chi connectivity index (χ0v) is 13.3. The lowest BCUT2D eigenvalue weighted by molar-refractivity contribution is -0.604. The summed E-state index contributed by atoms with van der Waals surface area (Å²) in [5.41, 5.74) is 1.95. The SMILES string of the molecule is C[NH2+]C(OC)=C(Cl)C(=N)c1ccc(OC(C)C)c(C)c1. The van der Waals surface area contributed by atoms with Crippen molar-refractivity contribution in [3.05, 3.63) is 40.2 Å². The Morgan fingerprint density at radius 3 is 2.45 bits per heavy atom. The number of quaternary nitrogens is 1. The predicted octanol–water partition coefficient (Wildman–Crippen LogP) is 2.40. The molecule has 0 amide bonds. The standard InChI is InChI=1S/C15H21ClN2O2/c1-9(2)20-12-7-6-11(8-10(12)3)14(17)13(16)15(18-4)19-5/h6-9,17-18H,1-5H3/p+1. The van der Waals surface area contributed by atoms with Crippen molar-refractivity contribution in [1.29, 1.82) is 5.41 Å². The van der Waals surface area contributed by atoms with Crippen LogP contribution in [-0.2, 0) is 4.74 Å². The van der Waals surface area contributed by atoms with Gasteiger partial charge in [-0.25, -0.2) is 0 Å². The van der Waals surface area contributed by atoms with Crippen LogP contribution in [0.3, 0.4) is 0 Å². The maximum Gasteiger partial charge on any atom is 0.309 e. The minimum Gasteiger partial charge on any atom is -0.491 e. The minimum atomic E-state index is 0.122. The molecular weight excluding hydrogens is 276 g/mol. The van der Waals surface area contributed by atoms with Crippen LogP contribution in [0.25, 0.3) is 0 Å². The second-order valence-electron chi connectivity index (χ2n) is 4.69. The highest BCUT2D eigenvalue weighted by Crippen LogP contribution is 2.23. The Hall–Kier alpha value is -1.52. The fraction of sp³-hybridized carbons (Fsp3) is 0.400. The summed E-state index contributed by atoms with van der Waals surface area (Å²) in [6, 6.07) is 5.59. The smallest absolute Gasteiger partial charge is 0.309 e. The van der Waals surface area contributed by atoms with Gasteiger partial charge in [0.25, 0.3) is 0 Å². The van der Waals surface area contributed by atoms with Crippen molar-refractivity contribution in [1.82, 2.24) is 0 Å². The molecule has 0 unspecified atom stereocenters. The monoisotopic (exact) mass is 297 g/mol. The van der Waals surface area contributed by atoms with E-state index in [9.17, 15) is 0 Å². The number of aryl methyl sites for hydroxylation is 1. The number of halogens is 1. The van der Waals surface area contributed by atoms with Crippen LogP contribution in [0.2, 0.25) is 0 Å². The third-order valence-electron chi connectivity index (χ3n) is 2.74. The van der Waals surface area contributed by atoms with Gasteiger partial charge in [-0.3, -0.25) is 10.7 Å². The van der Waals surface area contributed by atoms with Crippen molar-refractivity contribution in [2.45, 2.75) is 26.9 Å². The summed E-state index contributed by atoms with van der Waals surface area (Å²) in [4.78, 5) is 0. The molecule has 0 aliphatic carbocycles. The topological polar surface area (TPSA) is 58.9 Å². The number of nitrogens with two attached hydrogens (primary N) is 1. The van der Waals surface area contributed by atoms with E-state index < -0.39 is 0 Å². The number of rotatable bonds is 6. The molecule has 1 aromatic rings. The first-order chi connectivity index (χ1) is 9.40. The van der Waals surface area contributed by atoms with E-state index in [0.29, 0.717) is 10.9 Å². The summed E-state index contributed by atoms with van der Waals surface area (Å²) in [6.07, 6.45) is 0.122. The van der Waals surface area contributed by atoms with Gasteiger partial charge >= 0.3 is 5.88 Å². The summed E-state index contributed by atoms with van der Waals surface area (Å²) < 4.78 is 10.8. The van der Waals surface area contributed by atoms with Crippen LogP contribution in [0.5, 0.6) is 5.75 Å². The summed E-state index contributed by atoms with van der Waals surface area (Å²) in [5.74, 6) is 1.32. The fourth-order valence-corrected chi connectivity index (χ4v) is 2.07. The lowest BCUT2D eigenvalue weighted by Gasteiger charge is -2.13. The largest absolute Gasteiger partial charge is 0.491 e. The Balaban J connectivity index is 3.07. The van der Waals surface area contributed by atoms with E-state index in [1.54, 1.807) is 5.32 Å². The van der Waals surface area contributed by atoms with Gasteiger partial charge in [-0.2, -0.15) is 0 Å². The van der Waals surface area contributed by atoms with E-state index in [1.807, 2.05) is 46.0 Å². The zero-order valence-electron chi connectivity index (χ0n) is 12.6. The maximum atomic E-state index is 8.15. The van der Waals surface area contributed by atoms with Gasteiger partial charge in [-0.15, -0.1) is 0 Å². The second-order valence-corrected chi connectivity index (χ2v) is 5.07. The minimum absolute atomic E-state index is 0.122. The summed E-state index contributed by atoms with van der Waals surface area (Å²) in [5, 5.41) is 10.2. The molecule has 0 fully saturated rings. The first-order valence-corrected chi connectivity index (χ1v) is 6.88. The Bertz CT molecular complexity index is 519. The highest BCUT2D eigenvalue weighted by Gasteiger charge is 2.16. The van der Waals surface area contributed by atoms with Gasteiger partial charge in [0.2, 0.25) is 0 Å². The van der Waals surface area contributed by atoms with Gasteiger partial charge in [0, 0.05) is 5.56 Å². The van der Waals surface area contributed by atoms with Crippen LogP contribution in [0.4, 0.5) is 0 Å². The Kier molecular flexibility index (Phi) is 6.05. The molecule has 1 aromatic carbocycles. The lowest BCUT2D eigenvalue weighted by atomic mass is 10.1. The number of methoxy groups -OCH3 is 1. The first kappa shape index (κ1) is 16.5. The highest BCUT2D eigenvalue weighted by molar-refractivity contribution is 6.45. The van der Waals surface area contributed by atoms with Crippen molar-refractivity contribution in [2.75, 3.05) is 14.2 Å². The van der Waals surface area contributed by atoms with Crippen LogP contribution in [0.15, 0.2) is 29.1 Å². The van der Waals surface area contributed by atoms with Crippen LogP contribution in [0, 0.1) is 12.3 Å². The van der Waals surface area contributed by atoms with Crippen molar-refractivity contribution < 1.29 is 14.8 Å². The second kappa shape index (κ2) is 7.31. The molecule has 0 heterocycles. The molecule has 0 aliphatic heterocycles. The highest BCUT2D eigenvalue weighted by atomic mass is 35.5. The summed E-state index contributed by atoms with van der Waals surface area (Å²) >= 11 is 6.18. The molecule has 110 valence electrons. The molecule has 0 radical (unpaired) electrons. The van der Waals surface area contributed by atoms with Crippen molar-refractivity contribution in [2.24, 2.45) is 0 Å². The molecule has 0 bridgehead atoms. The van der Waals surface area contributed by atoms with E-state index in [1.165, 1.54) is 7.11 Å². The van der Waals surface area contributed by atoms with Gasteiger partial charge in [-0.1, -0.05) is 11.6 Å². The van der Waals surface area contributed by atoms with Crippen molar-refractivity contribution in [3.8, 4) is 5.75 Å². The zero-order chi connectivity index (χ0) is 15.3. The van der Waals surface area contributed by atoms with Crippen LogP contribution in [-0.4, -0.2) is 26.0 Å². The average Bonchev–Trinajstić information content (AvgIpc) is 2.41. The van der Waals surface area contributed by atoms with Gasteiger partial charge < -0.3 is 9.47 Å². The number of hydrogen-bond donors (Lipinski definition) is 2. The van der Waals surface area contributed by atoms with Crippen molar-refractivity contribution in [3.63, 3.8) is 0 Å². The van der Waals surface area contributed by atoms with Gasteiger partial charge in [-0.05, 0) is 44.5 Å². The molecule has 4 nitrogen and oxygen atoms in total. The van der Waals surface area contributed by atoms with Gasteiger partial charge in [0.05, 0.1) is 26.0 Å². The number of nitrogens with one attached hydrogen (secondary N) is 1. The molecule has 1 rings (SSSR count). The summed E-state index contributed by atoms with van der Waals surface area (Å²) in [6.45, 7) is 5.92. The van der Waals surface area contributed by atoms with Gasteiger partial charge in [0.1, 0.15) is 5.75 Å². The maximum absolute atomic E-state index is 8.15. The molecule has 0 saturated heterocycles. The predicted molar refractivity (Wildman–Crippen MR) is 81.5 cm³/mol. The number of ether oxygens (including phenoxy) is 2. The van der Waals surface area contributed by atoms with Crippen LogP contribution >= 0.6 is 11.6 Å². The Morgan fingerprint density at radius 2 is 2.00 bits per heavy atom. The quantitative estimate of drug-likeness (QED) is 0.626. The molecule has 0 atom stereocenters. The van der Waals surface area contributed by atoms with Crippen LogP contribution in [0.1, 0.15) is 25.0 Å². The average molecular weight is 298 g/mol. The van der Waals surface area contributed by atoms with E-state index in [-0.39, 0.29) is 11.8 Å². The number of hydrogen-bond acceptors (Lipinski definition) is 3. The van der Waals surface area contributed by atoms with E-state index in [4.69, 9.17) is 26.5 Å². The lowest BCUT2D eigenvalue weighted by Crippen LogP contribution is -2.78. The molecule has 0 spiro atoms. The van der Waals surface area contributed by atoms with Crippen LogP contribution < -0.4 is 10.1 Å². The number of allylic oxidation sites excluding steroid dienone is 1. The molecule has 0 aliphatic rings. The van der Waals surface area contributed by atoms with Crippen molar-refractivity contribution >= 4 is 17.3 Å². The molecule has 5 heteroatoms. The molecule has 3 N–H and O–H groups in total. The Labute approximate surface area is 125 Å². The van der Waals surface area contributed by atoms with E-state index in [0.717, 1.165) is 16.9 Å². The summed E-state index contributed by atoms with van der Waals surface area (Å²) in [7, 11) is 3.36. The number of benzene rings is 1. The molecular formula is C15H22ClN2O2+. The van der Waals surface area contributed by atoms with E-state index in [2.05, 4.69) is 0 Å². The molecule has 0 saturated carbocycles. The Morgan fingerprint density at radius 1 is 1.35 bits per heavy atom. The fourth-order valence-electron chi connectivity index (χ4n) is 1.78. The molecule has 20 heavy (non-hydrogen) atoms. The first-order valence-electron chi connectivity index (χ1n) is 6.50.